The Morgan fingerprint density at radius 2 is 2.06 bits per heavy atom. The molecule has 1 atom stereocenters. The summed E-state index contributed by atoms with van der Waals surface area (Å²) in [4.78, 5) is 43.2. The number of rotatable bonds is 6. The molecule has 4 amide bonds. The number of hydrogen-bond acceptors (Lipinski definition) is 7. The number of hydrazine groups is 1. The van der Waals surface area contributed by atoms with Gasteiger partial charge in [-0.1, -0.05) is 6.07 Å². The number of nitrogens with zero attached hydrogens (tertiary/aromatic N) is 4. The van der Waals surface area contributed by atoms with E-state index in [2.05, 4.69) is 21.0 Å². The van der Waals surface area contributed by atoms with Crippen LogP contribution < -0.4 is 25.9 Å². The molecule has 35 heavy (non-hydrogen) atoms. The fourth-order valence-corrected chi connectivity index (χ4v) is 3.93. The van der Waals surface area contributed by atoms with Crippen molar-refractivity contribution in [3.05, 3.63) is 54.1 Å². The molecule has 11 nitrogen and oxygen atoms in total. The fourth-order valence-electron chi connectivity index (χ4n) is 3.93. The predicted octanol–water partition coefficient (Wildman–Crippen LogP) is 1.22. The molecular formula is C23H28FN7O4. The summed E-state index contributed by atoms with van der Waals surface area (Å²) in [6.07, 6.45) is 0.583. The van der Waals surface area contributed by atoms with Crippen molar-refractivity contribution >= 4 is 29.4 Å². The van der Waals surface area contributed by atoms with Crippen molar-refractivity contribution in [3.8, 4) is 0 Å². The van der Waals surface area contributed by atoms with Gasteiger partial charge in [0.1, 0.15) is 11.9 Å². The second-order valence-electron chi connectivity index (χ2n) is 8.22. The minimum absolute atomic E-state index is 0.199. The molecule has 2 fully saturated rings. The maximum absolute atomic E-state index is 15.1. The molecule has 4 rings (SSSR count). The number of anilines is 2. The molecule has 0 radical (unpaired) electrons. The lowest BCUT2D eigenvalue weighted by molar-refractivity contribution is -0.119. The molecule has 3 heterocycles. The number of halogens is 1. The van der Waals surface area contributed by atoms with Gasteiger partial charge in [-0.05, 0) is 30.3 Å². The number of urea groups is 1. The van der Waals surface area contributed by atoms with Gasteiger partial charge in [-0.15, -0.1) is 0 Å². The summed E-state index contributed by atoms with van der Waals surface area (Å²) in [5, 5.41) is 6.91. The first-order valence-electron chi connectivity index (χ1n) is 11.4. The molecule has 186 valence electrons. The van der Waals surface area contributed by atoms with Crippen molar-refractivity contribution < 1.29 is 23.5 Å². The highest BCUT2D eigenvalue weighted by molar-refractivity contribution is 5.90. The smallest absolute Gasteiger partial charge is 0.414 e. The molecule has 3 N–H and O–H groups in total. The van der Waals surface area contributed by atoms with Crippen molar-refractivity contribution in [3.63, 3.8) is 0 Å². The highest BCUT2D eigenvalue weighted by Gasteiger charge is 2.33. The zero-order valence-electron chi connectivity index (χ0n) is 19.4. The number of aromatic nitrogens is 1. The summed E-state index contributed by atoms with van der Waals surface area (Å²) in [6, 6.07) is 9.79. The van der Waals surface area contributed by atoms with Gasteiger partial charge in [0.15, 0.2) is 0 Å². The molecule has 0 bridgehead atoms. The van der Waals surface area contributed by atoms with Gasteiger partial charge in [-0.2, -0.15) is 0 Å². The molecule has 1 aromatic heterocycles. The maximum atomic E-state index is 15.1. The summed E-state index contributed by atoms with van der Waals surface area (Å²) in [5.41, 5.74) is 4.58. The minimum Gasteiger partial charge on any atom is -0.442 e. The van der Waals surface area contributed by atoms with E-state index in [9.17, 15) is 14.4 Å². The van der Waals surface area contributed by atoms with Crippen molar-refractivity contribution in [2.75, 3.05) is 49.1 Å². The monoisotopic (exact) mass is 485 g/mol. The maximum Gasteiger partial charge on any atom is 0.414 e. The third kappa shape index (κ3) is 6.15. The molecule has 1 aromatic carbocycles. The van der Waals surface area contributed by atoms with E-state index in [0.29, 0.717) is 44.1 Å². The molecule has 2 aliphatic heterocycles. The van der Waals surface area contributed by atoms with Crippen molar-refractivity contribution in [2.45, 2.75) is 19.6 Å². The van der Waals surface area contributed by atoms with Gasteiger partial charge < -0.3 is 20.3 Å². The van der Waals surface area contributed by atoms with Crippen LogP contribution in [0.25, 0.3) is 0 Å². The Bertz CT molecular complexity index is 1070. The van der Waals surface area contributed by atoms with Crippen LogP contribution in [0.1, 0.15) is 12.6 Å². The standard InChI is InChI=1S/C23H28FN7O4/c1-16(32)26-14-19-15-30(23(34)35-19)18-5-6-21(20(24)12-18)29-9-8-28-31(11-10-29)22(33)27-13-17-4-2-3-7-25-17/h2-7,12,19,28H,8-11,13-15H2,1H3,(H,26,32)(H,27,33)/t19-/m0/s1. The van der Waals surface area contributed by atoms with Gasteiger partial charge in [0.25, 0.3) is 0 Å². The van der Waals surface area contributed by atoms with E-state index in [0.717, 1.165) is 5.69 Å². The van der Waals surface area contributed by atoms with E-state index < -0.39 is 18.0 Å². The number of hydrogen-bond donors (Lipinski definition) is 3. The molecule has 2 aromatic rings. The number of nitrogens with one attached hydrogen (secondary N) is 3. The van der Waals surface area contributed by atoms with E-state index in [4.69, 9.17) is 4.74 Å². The number of ether oxygens (including phenoxy) is 1. The second-order valence-corrected chi connectivity index (χ2v) is 8.22. The number of cyclic esters (lactones) is 1. The topological polar surface area (TPSA) is 119 Å². The first kappa shape index (κ1) is 24.2. The van der Waals surface area contributed by atoms with Crippen LogP contribution in [0.5, 0.6) is 0 Å². The number of amides is 4. The van der Waals surface area contributed by atoms with Crippen molar-refractivity contribution in [2.24, 2.45) is 0 Å². The average Bonchev–Trinajstić information content (AvgIpc) is 3.06. The highest BCUT2D eigenvalue weighted by Crippen LogP contribution is 2.28. The Hall–Kier alpha value is -3.93. The SMILES string of the molecule is CC(=O)NC[C@H]1CN(c2ccc(N3CCNN(C(=O)NCc4ccccn4)CC3)c(F)c2)C(=O)O1. The molecule has 0 unspecified atom stereocenters. The van der Waals surface area contributed by atoms with Crippen LogP contribution in [-0.4, -0.2) is 73.4 Å². The minimum atomic E-state index is -0.584. The van der Waals surface area contributed by atoms with Crippen LogP contribution in [0.3, 0.4) is 0 Å². The van der Waals surface area contributed by atoms with E-state index >= 15 is 4.39 Å². The average molecular weight is 486 g/mol. The molecular weight excluding hydrogens is 457 g/mol. The first-order valence-corrected chi connectivity index (χ1v) is 11.4. The van der Waals surface area contributed by atoms with Crippen LogP contribution in [0.4, 0.5) is 25.4 Å². The lowest BCUT2D eigenvalue weighted by Crippen LogP contribution is -2.48. The van der Waals surface area contributed by atoms with Gasteiger partial charge in [0.2, 0.25) is 5.91 Å². The Morgan fingerprint density at radius 1 is 1.20 bits per heavy atom. The largest absolute Gasteiger partial charge is 0.442 e. The Labute approximate surface area is 202 Å². The predicted molar refractivity (Wildman–Crippen MR) is 126 cm³/mol. The summed E-state index contributed by atoms with van der Waals surface area (Å²) < 4.78 is 20.3. The molecule has 12 heteroatoms. The Kier molecular flexibility index (Phi) is 7.60. The van der Waals surface area contributed by atoms with E-state index in [-0.39, 0.29) is 25.0 Å². The number of carbonyl (C=O) groups excluding carboxylic acids is 3. The summed E-state index contributed by atoms with van der Waals surface area (Å²) in [6.45, 7) is 3.81. The van der Waals surface area contributed by atoms with Gasteiger partial charge in [-0.25, -0.2) is 19.4 Å². The Morgan fingerprint density at radius 3 is 2.80 bits per heavy atom. The van der Waals surface area contributed by atoms with Crippen LogP contribution in [0.15, 0.2) is 42.6 Å². The van der Waals surface area contributed by atoms with Crippen molar-refractivity contribution in [1.29, 1.82) is 0 Å². The third-order valence-electron chi connectivity index (χ3n) is 5.71. The van der Waals surface area contributed by atoms with Crippen LogP contribution in [-0.2, 0) is 16.1 Å². The summed E-state index contributed by atoms with van der Waals surface area (Å²) in [5.74, 6) is -0.695. The molecule has 0 saturated carbocycles. The number of benzene rings is 1. The van der Waals surface area contributed by atoms with E-state index in [1.165, 1.54) is 22.9 Å². The van der Waals surface area contributed by atoms with Gasteiger partial charge in [0, 0.05) is 32.8 Å². The van der Waals surface area contributed by atoms with E-state index in [1.807, 2.05) is 23.1 Å². The fraction of sp³-hybridized carbons (Fsp3) is 0.391. The van der Waals surface area contributed by atoms with Crippen molar-refractivity contribution in [1.82, 2.24) is 26.1 Å². The lowest BCUT2D eigenvalue weighted by Gasteiger charge is -2.24. The first-order chi connectivity index (χ1) is 16.9. The van der Waals surface area contributed by atoms with E-state index in [1.54, 1.807) is 18.3 Å². The quantitative estimate of drug-likeness (QED) is 0.563. The molecule has 2 saturated heterocycles. The van der Waals surface area contributed by atoms with Gasteiger partial charge in [-0.3, -0.25) is 19.7 Å². The van der Waals surface area contributed by atoms with Gasteiger partial charge in [0.05, 0.1) is 43.2 Å². The zero-order chi connectivity index (χ0) is 24.8. The number of carbonyl (C=O) groups is 3. The number of pyridine rings is 1. The summed E-state index contributed by atoms with van der Waals surface area (Å²) in [7, 11) is 0. The second kappa shape index (κ2) is 11.0. The van der Waals surface area contributed by atoms with Crippen LogP contribution >= 0.6 is 0 Å². The normalized spacial score (nSPS) is 18.2. The molecule has 0 spiro atoms. The Balaban J connectivity index is 1.33. The summed E-state index contributed by atoms with van der Waals surface area (Å²) >= 11 is 0. The molecule has 0 aliphatic carbocycles. The van der Waals surface area contributed by atoms with Gasteiger partial charge >= 0.3 is 12.1 Å². The zero-order valence-corrected chi connectivity index (χ0v) is 19.4. The third-order valence-corrected chi connectivity index (χ3v) is 5.71. The lowest BCUT2D eigenvalue weighted by atomic mass is 10.2. The molecule has 2 aliphatic rings. The van der Waals surface area contributed by atoms with Crippen LogP contribution in [0, 0.1) is 5.82 Å². The highest BCUT2D eigenvalue weighted by atomic mass is 19.1. The van der Waals surface area contributed by atoms with Crippen LogP contribution in [0.2, 0.25) is 0 Å².